The fraction of sp³-hybridized carbons (Fsp3) is 0.632. The number of nitrogens with zero attached hydrogens (tertiary/aromatic N) is 1. The Bertz CT molecular complexity index is 671. The Morgan fingerprint density at radius 2 is 1.81 bits per heavy atom. The molecule has 0 aliphatic heterocycles. The molecule has 0 aliphatic rings. The second-order valence-electron chi connectivity index (χ2n) is 7.32. The molecule has 1 aromatic carbocycles. The zero-order valence-electron chi connectivity index (χ0n) is 16.8. The molecule has 0 spiro atoms. The second kappa shape index (κ2) is 11.1. The summed E-state index contributed by atoms with van der Waals surface area (Å²) in [4.78, 5) is 4.20. The number of aliphatic imine (C=N–C) groups is 1. The Morgan fingerprint density at radius 3 is 2.27 bits per heavy atom. The highest BCUT2D eigenvalue weighted by Crippen LogP contribution is 2.26. The number of hydrogen-bond donors (Lipinski definition) is 2. The van der Waals surface area contributed by atoms with Crippen LogP contribution in [0.4, 0.5) is 0 Å². The van der Waals surface area contributed by atoms with Crippen molar-refractivity contribution >= 4 is 39.8 Å². The van der Waals surface area contributed by atoms with Crippen LogP contribution in [-0.4, -0.2) is 39.5 Å². The topological polar surface area (TPSA) is 70.6 Å². The van der Waals surface area contributed by atoms with Crippen molar-refractivity contribution in [2.24, 2.45) is 4.99 Å². The van der Waals surface area contributed by atoms with Crippen LogP contribution in [0.5, 0.6) is 0 Å². The molecule has 1 unspecified atom stereocenters. The maximum Gasteiger partial charge on any atom is 0.191 e. The van der Waals surface area contributed by atoms with Crippen molar-refractivity contribution in [1.29, 1.82) is 0 Å². The molecule has 150 valence electrons. The van der Waals surface area contributed by atoms with E-state index in [1.165, 1.54) is 17.4 Å². The minimum absolute atomic E-state index is 0. The Hall–Kier alpha value is -0.830. The summed E-state index contributed by atoms with van der Waals surface area (Å²) >= 11 is 0. The number of hydrogen-bond acceptors (Lipinski definition) is 3. The highest BCUT2D eigenvalue weighted by molar-refractivity contribution is 14.0. The molecule has 0 amide bonds. The molecule has 0 aliphatic carbocycles. The lowest BCUT2D eigenvalue weighted by Gasteiger charge is -2.23. The van der Waals surface area contributed by atoms with Crippen molar-refractivity contribution < 1.29 is 8.42 Å². The molecule has 26 heavy (non-hydrogen) atoms. The maximum absolute atomic E-state index is 11.2. The van der Waals surface area contributed by atoms with Crippen molar-refractivity contribution in [3.63, 3.8) is 0 Å². The predicted octanol–water partition coefficient (Wildman–Crippen LogP) is 3.48. The molecule has 0 saturated carbocycles. The fourth-order valence-corrected chi connectivity index (χ4v) is 3.14. The molecule has 1 atom stereocenters. The van der Waals surface area contributed by atoms with E-state index in [1.54, 1.807) is 7.05 Å². The van der Waals surface area contributed by atoms with Gasteiger partial charge in [0.25, 0.3) is 0 Å². The molecule has 0 radical (unpaired) electrons. The van der Waals surface area contributed by atoms with Gasteiger partial charge in [-0.3, -0.25) is 4.99 Å². The number of halogens is 1. The summed E-state index contributed by atoms with van der Waals surface area (Å²) in [6, 6.07) is 8.69. The summed E-state index contributed by atoms with van der Waals surface area (Å²) in [7, 11) is -1.22. The summed E-state index contributed by atoms with van der Waals surface area (Å²) in [5, 5.41) is 6.50. The van der Waals surface area contributed by atoms with Crippen LogP contribution in [0, 0.1) is 0 Å². The maximum atomic E-state index is 11.2. The van der Waals surface area contributed by atoms with Crippen LogP contribution < -0.4 is 10.6 Å². The lowest BCUT2D eigenvalue weighted by Crippen LogP contribution is -2.42. The zero-order chi connectivity index (χ0) is 19.1. The average molecular weight is 495 g/mol. The molecule has 1 aromatic rings. The van der Waals surface area contributed by atoms with E-state index >= 15 is 0 Å². The Labute approximate surface area is 176 Å². The fourth-order valence-electron chi connectivity index (χ4n) is 2.35. The molecule has 0 saturated heterocycles. The van der Waals surface area contributed by atoms with E-state index in [4.69, 9.17) is 0 Å². The van der Waals surface area contributed by atoms with E-state index in [2.05, 4.69) is 60.7 Å². The average Bonchev–Trinajstić information content (AvgIpc) is 2.56. The van der Waals surface area contributed by atoms with E-state index in [1.807, 2.05) is 6.92 Å². The molecule has 0 aromatic heterocycles. The zero-order valence-corrected chi connectivity index (χ0v) is 19.9. The van der Waals surface area contributed by atoms with E-state index < -0.39 is 9.84 Å². The highest BCUT2D eigenvalue weighted by Gasteiger charge is 2.17. The van der Waals surface area contributed by atoms with Crippen LogP contribution in [0.15, 0.2) is 29.3 Å². The number of sulfone groups is 1. The first-order valence-corrected chi connectivity index (χ1v) is 10.9. The van der Waals surface area contributed by atoms with Crippen LogP contribution >= 0.6 is 24.0 Å². The van der Waals surface area contributed by atoms with Crippen LogP contribution in [-0.2, 0) is 21.8 Å². The third-order valence-corrected chi connectivity index (χ3v) is 5.58. The van der Waals surface area contributed by atoms with Gasteiger partial charge in [0.2, 0.25) is 0 Å². The van der Waals surface area contributed by atoms with Gasteiger partial charge < -0.3 is 10.6 Å². The molecular formula is C19H34IN3O2S. The lowest BCUT2D eigenvalue weighted by atomic mass is 9.82. The van der Waals surface area contributed by atoms with Crippen molar-refractivity contribution in [1.82, 2.24) is 10.6 Å². The van der Waals surface area contributed by atoms with Gasteiger partial charge in [-0.25, -0.2) is 8.42 Å². The van der Waals surface area contributed by atoms with E-state index in [0.29, 0.717) is 18.9 Å². The first-order valence-electron chi connectivity index (χ1n) is 8.81. The molecule has 0 fully saturated rings. The smallest absolute Gasteiger partial charge is 0.191 e. The largest absolute Gasteiger partial charge is 0.354 e. The van der Waals surface area contributed by atoms with Crippen molar-refractivity contribution in [2.45, 2.75) is 58.5 Å². The monoisotopic (exact) mass is 495 g/mol. The van der Waals surface area contributed by atoms with Crippen LogP contribution in [0.2, 0.25) is 0 Å². The SMILES string of the molecule is CCC(C)(C)c1ccc(CNC(=NC)NC(C)CCS(C)(=O)=O)cc1.I. The van der Waals surface area contributed by atoms with Crippen molar-refractivity contribution in [2.75, 3.05) is 19.1 Å². The van der Waals surface area contributed by atoms with Crippen LogP contribution in [0.25, 0.3) is 0 Å². The van der Waals surface area contributed by atoms with Gasteiger partial charge in [-0.15, -0.1) is 24.0 Å². The van der Waals surface area contributed by atoms with Gasteiger partial charge in [-0.05, 0) is 36.3 Å². The number of guanidine groups is 1. The molecular weight excluding hydrogens is 461 g/mol. The van der Waals surface area contributed by atoms with Gasteiger partial charge in [0.05, 0.1) is 5.75 Å². The van der Waals surface area contributed by atoms with Gasteiger partial charge in [-0.2, -0.15) is 0 Å². The second-order valence-corrected chi connectivity index (χ2v) is 9.58. The van der Waals surface area contributed by atoms with Gasteiger partial charge in [0.15, 0.2) is 5.96 Å². The molecule has 0 heterocycles. The third kappa shape index (κ3) is 9.21. The quantitative estimate of drug-likeness (QED) is 0.329. The summed E-state index contributed by atoms with van der Waals surface area (Å²) in [6.07, 6.45) is 2.92. The summed E-state index contributed by atoms with van der Waals surface area (Å²) < 4.78 is 22.5. The summed E-state index contributed by atoms with van der Waals surface area (Å²) in [6.45, 7) is 9.34. The Kier molecular flexibility index (Phi) is 10.8. The lowest BCUT2D eigenvalue weighted by molar-refractivity contribution is 0.506. The van der Waals surface area contributed by atoms with Crippen LogP contribution in [0.1, 0.15) is 51.7 Å². The molecule has 0 bridgehead atoms. The van der Waals surface area contributed by atoms with Crippen molar-refractivity contribution in [3.05, 3.63) is 35.4 Å². The van der Waals surface area contributed by atoms with E-state index in [0.717, 1.165) is 6.42 Å². The normalized spacial score (nSPS) is 13.7. The number of nitrogens with one attached hydrogen (secondary N) is 2. The first-order chi connectivity index (χ1) is 11.6. The van der Waals surface area contributed by atoms with Crippen molar-refractivity contribution in [3.8, 4) is 0 Å². The molecule has 5 nitrogen and oxygen atoms in total. The van der Waals surface area contributed by atoms with Crippen LogP contribution in [0.3, 0.4) is 0 Å². The number of rotatable bonds is 8. The predicted molar refractivity (Wildman–Crippen MR) is 122 cm³/mol. The minimum atomic E-state index is -2.94. The summed E-state index contributed by atoms with van der Waals surface area (Å²) in [5.74, 6) is 0.853. The standard InChI is InChI=1S/C19H33N3O2S.HI/c1-7-19(3,4)17-10-8-16(9-11-17)14-21-18(20-5)22-15(2)12-13-25(6,23)24;/h8-11,15H,7,12-14H2,1-6H3,(H2,20,21,22);1H. The minimum Gasteiger partial charge on any atom is -0.354 e. The first kappa shape index (κ1) is 25.2. The van der Waals surface area contributed by atoms with Gasteiger partial charge in [0, 0.05) is 25.9 Å². The number of benzene rings is 1. The third-order valence-electron chi connectivity index (χ3n) is 4.61. The molecule has 1 rings (SSSR count). The summed E-state index contributed by atoms with van der Waals surface area (Å²) in [5.41, 5.74) is 2.72. The Balaban J connectivity index is 0.00000625. The van der Waals surface area contributed by atoms with E-state index in [9.17, 15) is 8.42 Å². The van der Waals surface area contributed by atoms with Gasteiger partial charge >= 0.3 is 0 Å². The van der Waals surface area contributed by atoms with Gasteiger partial charge in [0.1, 0.15) is 9.84 Å². The van der Waals surface area contributed by atoms with E-state index in [-0.39, 0.29) is 41.2 Å². The Morgan fingerprint density at radius 1 is 1.23 bits per heavy atom. The molecule has 7 heteroatoms. The van der Waals surface area contributed by atoms with Gasteiger partial charge in [-0.1, -0.05) is 45.0 Å². The highest BCUT2D eigenvalue weighted by atomic mass is 127. The molecule has 2 N–H and O–H groups in total.